The Hall–Kier alpha value is -4.69. The Morgan fingerprint density at radius 1 is 0.952 bits per heavy atom. The number of nitrogens with one attached hydrogen (secondary N) is 1. The van der Waals surface area contributed by atoms with E-state index in [1.54, 1.807) is 19.2 Å². The maximum atomic E-state index is 13.1. The summed E-state index contributed by atoms with van der Waals surface area (Å²) in [4.78, 5) is 17.5. The molecular formula is C28H30N6O6S2. The SMILES string of the molecule is CC.COc1cc(OC)c(/C=C/S(=O)(=O)Nc2cnc3c(-c4nnc(-c5ccccc5)s4)c(=O)n(C)n3c2)c(OC)c1. The Morgan fingerprint density at radius 2 is 1.60 bits per heavy atom. The van der Waals surface area contributed by atoms with Gasteiger partial charge in [-0.3, -0.25) is 9.52 Å². The summed E-state index contributed by atoms with van der Waals surface area (Å²) in [5, 5.41) is 10.5. The van der Waals surface area contributed by atoms with Gasteiger partial charge in [-0.25, -0.2) is 22.6 Å². The van der Waals surface area contributed by atoms with Gasteiger partial charge in [0, 0.05) is 24.7 Å². The number of aryl methyl sites for hydroxylation is 1. The maximum absolute atomic E-state index is 13.1. The van der Waals surface area contributed by atoms with E-state index in [4.69, 9.17) is 14.2 Å². The van der Waals surface area contributed by atoms with Crippen molar-refractivity contribution in [3.63, 3.8) is 0 Å². The third-order valence-corrected chi connectivity index (χ3v) is 7.95. The molecule has 0 aliphatic heterocycles. The molecule has 42 heavy (non-hydrogen) atoms. The van der Waals surface area contributed by atoms with Crippen molar-refractivity contribution in [2.75, 3.05) is 26.1 Å². The zero-order valence-corrected chi connectivity index (χ0v) is 25.5. The molecule has 0 fully saturated rings. The zero-order chi connectivity index (χ0) is 30.4. The highest BCUT2D eigenvalue weighted by molar-refractivity contribution is 7.95. The molecule has 0 bridgehead atoms. The largest absolute Gasteiger partial charge is 0.496 e. The van der Waals surface area contributed by atoms with Crippen molar-refractivity contribution in [2.24, 2.45) is 7.05 Å². The normalized spacial score (nSPS) is 11.3. The van der Waals surface area contributed by atoms with Crippen LogP contribution in [0.2, 0.25) is 0 Å². The molecule has 0 saturated carbocycles. The van der Waals surface area contributed by atoms with Crippen LogP contribution >= 0.6 is 11.3 Å². The van der Waals surface area contributed by atoms with Crippen LogP contribution < -0.4 is 24.5 Å². The molecule has 3 aromatic heterocycles. The molecule has 12 nitrogen and oxygen atoms in total. The fourth-order valence-corrected chi connectivity index (χ4v) is 5.69. The van der Waals surface area contributed by atoms with Crippen molar-refractivity contribution in [3.8, 4) is 38.4 Å². The first kappa shape index (κ1) is 30.3. The first-order chi connectivity index (χ1) is 20.2. The van der Waals surface area contributed by atoms with Gasteiger partial charge < -0.3 is 14.2 Å². The molecule has 1 N–H and O–H groups in total. The quantitative estimate of drug-likeness (QED) is 0.252. The van der Waals surface area contributed by atoms with Crippen LogP contribution in [0.5, 0.6) is 17.2 Å². The molecule has 0 unspecified atom stereocenters. The van der Waals surface area contributed by atoms with Crippen LogP contribution in [-0.4, -0.2) is 54.1 Å². The van der Waals surface area contributed by atoms with Crippen LogP contribution in [-0.2, 0) is 17.1 Å². The lowest BCUT2D eigenvalue weighted by Gasteiger charge is -2.12. The molecule has 0 aliphatic rings. The van der Waals surface area contributed by atoms with Gasteiger partial charge in [0.05, 0.1) is 50.4 Å². The lowest BCUT2D eigenvalue weighted by Crippen LogP contribution is -2.16. The Labute approximate surface area is 246 Å². The van der Waals surface area contributed by atoms with Crippen molar-refractivity contribution < 1.29 is 22.6 Å². The monoisotopic (exact) mass is 610 g/mol. The molecule has 0 spiro atoms. The Balaban J connectivity index is 0.00000198. The van der Waals surface area contributed by atoms with Crippen LogP contribution in [0, 0.1) is 0 Å². The number of hydrogen-bond donors (Lipinski definition) is 1. The first-order valence-corrected chi connectivity index (χ1v) is 15.1. The molecule has 3 heterocycles. The number of sulfonamides is 1. The maximum Gasteiger partial charge on any atom is 0.279 e. The first-order valence-electron chi connectivity index (χ1n) is 12.7. The number of fused-ring (bicyclic) bond motifs is 1. The molecule has 5 rings (SSSR count). The molecule has 14 heteroatoms. The average Bonchev–Trinajstić information content (AvgIpc) is 3.59. The summed E-state index contributed by atoms with van der Waals surface area (Å²) in [6.45, 7) is 4.00. The molecule has 0 radical (unpaired) electrons. The number of anilines is 1. The van der Waals surface area contributed by atoms with Crippen molar-refractivity contribution >= 4 is 38.8 Å². The topological polar surface area (TPSA) is 139 Å². The van der Waals surface area contributed by atoms with Crippen LogP contribution in [0.3, 0.4) is 0 Å². The van der Waals surface area contributed by atoms with Gasteiger partial charge in [0.15, 0.2) is 10.7 Å². The Morgan fingerprint density at radius 3 is 2.21 bits per heavy atom. The summed E-state index contributed by atoms with van der Waals surface area (Å²) in [6, 6.07) is 12.7. The molecule has 0 saturated heterocycles. The van der Waals surface area contributed by atoms with Crippen molar-refractivity contribution in [2.45, 2.75) is 13.8 Å². The van der Waals surface area contributed by atoms with Gasteiger partial charge in [0.25, 0.3) is 15.6 Å². The smallest absolute Gasteiger partial charge is 0.279 e. The fourth-order valence-electron chi connectivity index (χ4n) is 3.99. The molecule has 220 valence electrons. The highest BCUT2D eigenvalue weighted by Crippen LogP contribution is 2.35. The molecule has 2 aromatic carbocycles. The van der Waals surface area contributed by atoms with E-state index in [-0.39, 0.29) is 16.8 Å². The highest BCUT2D eigenvalue weighted by Gasteiger charge is 2.21. The molecule has 0 atom stereocenters. The third-order valence-electron chi connectivity index (χ3n) is 5.95. The second kappa shape index (κ2) is 12.9. The standard InChI is InChI=1S/C26H24N6O6S2.C2H6/c1-31-26(33)22(25-29-28-24(39-25)16-8-6-5-7-9-16)23-27-14-17(15-32(23)31)30-40(34,35)11-10-19-20(37-3)12-18(36-2)13-21(19)38-4;1-2/h5-15,30H,1-4H3;1-2H3/b11-10+;. The minimum atomic E-state index is -4.00. The summed E-state index contributed by atoms with van der Waals surface area (Å²) in [7, 11) is 1.98. The minimum absolute atomic E-state index is 0.144. The number of hydrogen-bond acceptors (Lipinski definition) is 10. The average molecular weight is 611 g/mol. The van der Waals surface area contributed by atoms with Gasteiger partial charge in [-0.15, -0.1) is 10.2 Å². The fraction of sp³-hybridized carbons (Fsp3) is 0.214. The molecular weight excluding hydrogens is 580 g/mol. The van der Waals surface area contributed by atoms with Gasteiger partial charge in [-0.2, -0.15) is 0 Å². The number of rotatable bonds is 9. The van der Waals surface area contributed by atoms with Crippen molar-refractivity contribution in [3.05, 3.63) is 76.2 Å². The van der Waals surface area contributed by atoms with Gasteiger partial charge in [0.1, 0.15) is 27.8 Å². The minimum Gasteiger partial charge on any atom is -0.496 e. The Kier molecular flexibility index (Phi) is 9.28. The van der Waals surface area contributed by atoms with Crippen LogP contribution in [0.25, 0.3) is 32.9 Å². The summed E-state index contributed by atoms with van der Waals surface area (Å²) >= 11 is 1.27. The molecule has 0 aliphatic carbocycles. The van der Waals surface area contributed by atoms with Gasteiger partial charge in [-0.1, -0.05) is 55.5 Å². The number of aromatic nitrogens is 5. The predicted molar refractivity (Wildman–Crippen MR) is 164 cm³/mol. The second-order valence-corrected chi connectivity index (χ2v) is 10.9. The predicted octanol–water partition coefficient (Wildman–Crippen LogP) is 4.68. The van der Waals surface area contributed by atoms with Crippen molar-refractivity contribution in [1.82, 2.24) is 24.4 Å². The lowest BCUT2D eigenvalue weighted by atomic mass is 10.1. The number of nitrogens with zero attached hydrogens (tertiary/aromatic N) is 5. The highest BCUT2D eigenvalue weighted by atomic mass is 32.2. The zero-order valence-electron chi connectivity index (χ0n) is 23.9. The summed E-state index contributed by atoms with van der Waals surface area (Å²) < 4.78 is 47.0. The van der Waals surface area contributed by atoms with Gasteiger partial charge >= 0.3 is 0 Å². The van der Waals surface area contributed by atoms with Crippen LogP contribution in [0.4, 0.5) is 5.69 Å². The van der Waals surface area contributed by atoms with E-state index >= 15 is 0 Å². The van der Waals surface area contributed by atoms with E-state index < -0.39 is 10.0 Å². The Bertz CT molecular complexity index is 1870. The van der Waals surface area contributed by atoms with Crippen LogP contribution in [0.15, 0.2) is 65.1 Å². The summed E-state index contributed by atoms with van der Waals surface area (Å²) in [5.41, 5.74) is 1.68. The number of benzene rings is 2. The number of ether oxygens (including phenoxy) is 3. The molecule has 5 aromatic rings. The van der Waals surface area contributed by atoms with E-state index in [1.165, 1.54) is 60.3 Å². The van der Waals surface area contributed by atoms with Gasteiger partial charge in [-0.05, 0) is 6.08 Å². The lowest BCUT2D eigenvalue weighted by molar-refractivity contribution is 0.374. The third kappa shape index (κ3) is 6.14. The summed E-state index contributed by atoms with van der Waals surface area (Å²) in [5.74, 6) is 1.23. The molecule has 0 amide bonds. The second-order valence-electron chi connectivity index (χ2n) is 8.39. The number of methoxy groups -OCH3 is 3. The van der Waals surface area contributed by atoms with Crippen molar-refractivity contribution in [1.29, 1.82) is 0 Å². The van der Waals surface area contributed by atoms with Crippen LogP contribution in [0.1, 0.15) is 19.4 Å². The summed E-state index contributed by atoms with van der Waals surface area (Å²) in [6.07, 6.45) is 4.15. The van der Waals surface area contributed by atoms with E-state index in [9.17, 15) is 13.2 Å². The van der Waals surface area contributed by atoms with E-state index in [2.05, 4.69) is 19.9 Å². The van der Waals surface area contributed by atoms with E-state index in [1.807, 2.05) is 44.2 Å². The van der Waals surface area contributed by atoms with Gasteiger partial charge in [0.2, 0.25) is 0 Å². The van der Waals surface area contributed by atoms with E-state index in [0.29, 0.717) is 38.5 Å². The van der Waals surface area contributed by atoms with E-state index in [0.717, 1.165) is 11.0 Å².